The number of hydrogen-bond donors (Lipinski definition) is 1. The fourth-order valence-electron chi connectivity index (χ4n) is 1.52. The molecule has 0 atom stereocenters. The molecule has 0 aromatic heterocycles. The van der Waals surface area contributed by atoms with Gasteiger partial charge in [0.05, 0.1) is 0 Å². The summed E-state index contributed by atoms with van der Waals surface area (Å²) in [5.74, 6) is 0.753. The van der Waals surface area contributed by atoms with Crippen molar-refractivity contribution in [1.29, 1.82) is 0 Å². The molecule has 1 aliphatic carbocycles. The van der Waals surface area contributed by atoms with Gasteiger partial charge in [-0.15, -0.1) is 0 Å². The lowest BCUT2D eigenvalue weighted by Gasteiger charge is -2.13. The number of hydrogen-bond acceptors (Lipinski definition) is 3. The van der Waals surface area contributed by atoms with E-state index in [1.165, 1.54) is 5.57 Å². The summed E-state index contributed by atoms with van der Waals surface area (Å²) in [6.45, 7) is 1.66. The summed E-state index contributed by atoms with van der Waals surface area (Å²) in [6.07, 6.45) is 8.87. The molecule has 0 spiro atoms. The third kappa shape index (κ3) is 3.20. The molecule has 0 aromatic rings. The molecule has 0 unspecified atom stereocenters. The number of allylic oxidation sites excluding steroid dienone is 3. The van der Waals surface area contributed by atoms with E-state index in [9.17, 15) is 0 Å². The maximum atomic E-state index is 5.88. The Bertz CT molecular complexity index is 353. The van der Waals surface area contributed by atoms with Crippen LogP contribution in [-0.2, 0) is 0 Å². The normalized spacial score (nSPS) is 20.5. The molecule has 0 bridgehead atoms. The first-order valence-corrected chi connectivity index (χ1v) is 5.57. The van der Waals surface area contributed by atoms with Crippen LogP contribution in [0.15, 0.2) is 32.7 Å². The average molecular weight is 224 g/mol. The zero-order chi connectivity index (χ0) is 10.5. The van der Waals surface area contributed by atoms with Crippen LogP contribution in [-0.4, -0.2) is 25.3 Å². The quantitative estimate of drug-likeness (QED) is 0.766. The molecular formula is C11H14ClN3. The third-order valence-corrected chi connectivity index (χ3v) is 2.71. The van der Waals surface area contributed by atoms with Crippen molar-refractivity contribution in [3.05, 3.63) is 22.8 Å². The van der Waals surface area contributed by atoms with Crippen molar-refractivity contribution in [1.82, 2.24) is 5.32 Å². The highest BCUT2D eigenvalue weighted by Gasteiger charge is 2.05. The number of aliphatic imine (C=N–C) groups is 2. The van der Waals surface area contributed by atoms with E-state index in [-0.39, 0.29) is 0 Å². The fourth-order valence-corrected chi connectivity index (χ4v) is 1.67. The minimum atomic E-state index is 0.753. The number of rotatable bonds is 2. The van der Waals surface area contributed by atoms with Gasteiger partial charge in [-0.2, -0.15) is 0 Å². The van der Waals surface area contributed by atoms with E-state index in [1.54, 1.807) is 0 Å². The molecule has 0 saturated carbocycles. The standard InChI is InChI=1S/C11H14ClN3/c12-10-4-2-9(3-5-10)8-15-11-13-6-1-7-14-11/h2,4,6H,1,3,5,7-8H2,(H,14,15). The van der Waals surface area contributed by atoms with Crippen LogP contribution >= 0.6 is 11.6 Å². The zero-order valence-electron chi connectivity index (χ0n) is 8.54. The molecule has 2 rings (SSSR count). The molecule has 0 saturated heterocycles. The molecule has 0 aromatic carbocycles. The fraction of sp³-hybridized carbons (Fsp3) is 0.455. The Hall–Kier alpha value is -1.09. The Kier molecular flexibility index (Phi) is 3.56. The minimum absolute atomic E-state index is 0.753. The number of halogens is 1. The van der Waals surface area contributed by atoms with Gasteiger partial charge in [0.1, 0.15) is 0 Å². The lowest BCUT2D eigenvalue weighted by atomic mass is 10.1. The smallest absolute Gasteiger partial charge is 0.217 e. The maximum absolute atomic E-state index is 5.88. The first-order chi connectivity index (χ1) is 7.34. The van der Waals surface area contributed by atoms with E-state index in [4.69, 9.17) is 11.6 Å². The van der Waals surface area contributed by atoms with E-state index < -0.39 is 0 Å². The van der Waals surface area contributed by atoms with Gasteiger partial charge in [0.15, 0.2) is 0 Å². The van der Waals surface area contributed by atoms with Crippen molar-refractivity contribution in [3.63, 3.8) is 0 Å². The molecular weight excluding hydrogens is 210 g/mol. The van der Waals surface area contributed by atoms with Crippen molar-refractivity contribution < 1.29 is 0 Å². The van der Waals surface area contributed by atoms with Crippen LogP contribution in [0.5, 0.6) is 0 Å². The number of nitrogens with one attached hydrogen (secondary N) is 1. The van der Waals surface area contributed by atoms with Crippen molar-refractivity contribution >= 4 is 23.8 Å². The minimum Gasteiger partial charge on any atom is -0.351 e. The van der Waals surface area contributed by atoms with Gasteiger partial charge in [0.25, 0.3) is 0 Å². The Balaban J connectivity index is 1.83. The van der Waals surface area contributed by atoms with Gasteiger partial charge in [0, 0.05) is 30.8 Å². The van der Waals surface area contributed by atoms with Gasteiger partial charge >= 0.3 is 0 Å². The van der Waals surface area contributed by atoms with E-state index in [2.05, 4.69) is 21.4 Å². The first kappa shape index (κ1) is 10.4. The van der Waals surface area contributed by atoms with Gasteiger partial charge in [-0.25, -0.2) is 4.99 Å². The van der Waals surface area contributed by atoms with Gasteiger partial charge in [-0.1, -0.05) is 23.3 Å². The van der Waals surface area contributed by atoms with Gasteiger partial charge in [-0.05, 0) is 18.9 Å². The molecule has 80 valence electrons. The molecule has 1 N–H and O–H groups in total. The zero-order valence-corrected chi connectivity index (χ0v) is 9.30. The highest BCUT2D eigenvalue weighted by molar-refractivity contribution is 6.29. The van der Waals surface area contributed by atoms with Crippen molar-refractivity contribution in [3.8, 4) is 0 Å². The predicted octanol–water partition coefficient (Wildman–Crippen LogP) is 2.25. The number of nitrogens with zero attached hydrogens (tertiary/aromatic N) is 2. The van der Waals surface area contributed by atoms with Crippen LogP contribution < -0.4 is 5.32 Å². The van der Waals surface area contributed by atoms with E-state index in [0.29, 0.717) is 0 Å². The van der Waals surface area contributed by atoms with E-state index in [0.717, 1.165) is 43.3 Å². The maximum Gasteiger partial charge on any atom is 0.217 e. The van der Waals surface area contributed by atoms with Gasteiger partial charge in [0.2, 0.25) is 5.96 Å². The van der Waals surface area contributed by atoms with Crippen molar-refractivity contribution in [2.75, 3.05) is 13.1 Å². The molecule has 1 aliphatic heterocycles. The largest absolute Gasteiger partial charge is 0.351 e. The van der Waals surface area contributed by atoms with Gasteiger partial charge in [-0.3, -0.25) is 4.99 Å². The van der Waals surface area contributed by atoms with Crippen LogP contribution in [0.25, 0.3) is 0 Å². The first-order valence-electron chi connectivity index (χ1n) is 5.19. The molecule has 0 amide bonds. The van der Waals surface area contributed by atoms with Crippen molar-refractivity contribution in [2.45, 2.75) is 19.3 Å². The van der Waals surface area contributed by atoms with E-state index >= 15 is 0 Å². The van der Waals surface area contributed by atoms with E-state index in [1.807, 2.05) is 12.3 Å². The summed E-state index contributed by atoms with van der Waals surface area (Å²) in [7, 11) is 0. The molecule has 4 heteroatoms. The van der Waals surface area contributed by atoms with Crippen LogP contribution in [0, 0.1) is 0 Å². The van der Waals surface area contributed by atoms with Crippen LogP contribution in [0.2, 0.25) is 0 Å². The third-order valence-electron chi connectivity index (χ3n) is 2.39. The summed E-state index contributed by atoms with van der Waals surface area (Å²) < 4.78 is 0. The van der Waals surface area contributed by atoms with Crippen LogP contribution in [0.4, 0.5) is 0 Å². The summed E-state index contributed by atoms with van der Waals surface area (Å²) in [5.41, 5.74) is 1.35. The van der Waals surface area contributed by atoms with Crippen LogP contribution in [0.3, 0.4) is 0 Å². The molecule has 15 heavy (non-hydrogen) atoms. The Labute approximate surface area is 94.6 Å². The van der Waals surface area contributed by atoms with Crippen LogP contribution in [0.1, 0.15) is 19.3 Å². The second kappa shape index (κ2) is 5.12. The topological polar surface area (TPSA) is 36.8 Å². The molecule has 1 heterocycles. The second-order valence-corrected chi connectivity index (χ2v) is 4.08. The molecule has 3 nitrogen and oxygen atoms in total. The number of guanidine groups is 1. The lowest BCUT2D eigenvalue weighted by Crippen LogP contribution is -2.26. The Morgan fingerprint density at radius 3 is 2.93 bits per heavy atom. The Morgan fingerprint density at radius 1 is 1.33 bits per heavy atom. The van der Waals surface area contributed by atoms with Gasteiger partial charge < -0.3 is 5.32 Å². The highest BCUT2D eigenvalue weighted by Crippen LogP contribution is 2.20. The molecule has 2 aliphatic rings. The lowest BCUT2D eigenvalue weighted by molar-refractivity contribution is 0.847. The second-order valence-electron chi connectivity index (χ2n) is 3.60. The van der Waals surface area contributed by atoms with Crippen molar-refractivity contribution in [2.24, 2.45) is 9.98 Å². The summed E-state index contributed by atoms with van der Waals surface area (Å²) in [6, 6.07) is 0. The summed E-state index contributed by atoms with van der Waals surface area (Å²) >= 11 is 5.88. The SMILES string of the molecule is ClC1=CC=C(CNC2=NCCC=N2)CC1. The molecule has 0 fully saturated rings. The Morgan fingerprint density at radius 2 is 2.27 bits per heavy atom. The molecule has 0 radical (unpaired) electrons. The summed E-state index contributed by atoms with van der Waals surface area (Å²) in [4.78, 5) is 8.44. The average Bonchev–Trinajstić information content (AvgIpc) is 2.30. The highest BCUT2D eigenvalue weighted by atomic mass is 35.5. The predicted molar refractivity (Wildman–Crippen MR) is 64.7 cm³/mol. The summed E-state index contributed by atoms with van der Waals surface area (Å²) in [5, 5.41) is 4.15. The monoisotopic (exact) mass is 223 g/mol.